The highest BCUT2D eigenvalue weighted by Gasteiger charge is 2.33. The van der Waals surface area contributed by atoms with E-state index in [1.165, 1.54) is 0 Å². The Kier molecular flexibility index (Phi) is 6.55. The first-order valence-corrected chi connectivity index (χ1v) is 8.92. The molecular weight excluding hydrogens is 400 g/mol. The fourth-order valence-electron chi connectivity index (χ4n) is 3.18. The molecule has 2 fully saturated rings. The molecule has 1 aromatic rings. The molecule has 0 aromatic heterocycles. The molecule has 2 amide bonds. The summed E-state index contributed by atoms with van der Waals surface area (Å²) >= 11 is 0. The van der Waals surface area contributed by atoms with Gasteiger partial charge in [0.25, 0.3) is 0 Å². The molecule has 0 aliphatic carbocycles. The van der Waals surface area contributed by atoms with Gasteiger partial charge in [0.2, 0.25) is 11.8 Å². The number of rotatable bonds is 5. The fraction of sp³-hybridized carbons (Fsp3) is 0.529. The second kappa shape index (κ2) is 8.93. The Morgan fingerprint density at radius 2 is 2.03 bits per heavy atom. The Balaban J connectivity index is 1.58. The highest BCUT2D eigenvalue weighted by Crippen LogP contribution is 2.28. The molecule has 2 atom stereocenters. The van der Waals surface area contributed by atoms with Crippen LogP contribution in [0.25, 0.3) is 0 Å². The van der Waals surface area contributed by atoms with E-state index in [4.69, 9.17) is 4.74 Å². The van der Waals surface area contributed by atoms with Crippen molar-refractivity contribution in [3.8, 4) is 5.75 Å². The average Bonchev–Trinajstić information content (AvgIpc) is 2.63. The molecule has 1 aromatic carbocycles. The zero-order chi connectivity index (χ0) is 21.0. The van der Waals surface area contributed by atoms with E-state index < -0.39 is 30.0 Å². The second-order valence-electron chi connectivity index (χ2n) is 6.60. The highest BCUT2D eigenvalue weighted by atomic mass is 19.4. The number of benzene rings is 1. The number of nitrogens with one attached hydrogen (secondary N) is 3. The molecule has 12 heteroatoms. The summed E-state index contributed by atoms with van der Waals surface area (Å²) in [6.07, 6.45) is -5.90. The van der Waals surface area contributed by atoms with Crippen LogP contribution in [0.1, 0.15) is 12.8 Å². The lowest BCUT2D eigenvalue weighted by molar-refractivity contribution is -0.275. The number of anilines is 1. The van der Waals surface area contributed by atoms with E-state index in [9.17, 15) is 27.2 Å². The zero-order valence-electron chi connectivity index (χ0n) is 15.2. The van der Waals surface area contributed by atoms with Crippen molar-refractivity contribution in [3.05, 3.63) is 24.0 Å². The lowest BCUT2D eigenvalue weighted by atomic mass is 10.1. The minimum atomic E-state index is -5.06. The molecule has 29 heavy (non-hydrogen) atoms. The van der Waals surface area contributed by atoms with E-state index >= 15 is 0 Å². The maximum atomic E-state index is 13.5. The number of hydrogen-bond acceptors (Lipinski definition) is 6. The van der Waals surface area contributed by atoms with Crippen LogP contribution in [0, 0.1) is 5.82 Å². The first-order valence-electron chi connectivity index (χ1n) is 8.92. The van der Waals surface area contributed by atoms with Crippen molar-refractivity contribution < 1.29 is 36.6 Å². The van der Waals surface area contributed by atoms with Crippen molar-refractivity contribution in [1.82, 2.24) is 15.5 Å². The highest BCUT2D eigenvalue weighted by molar-refractivity contribution is 5.91. The average molecular weight is 420 g/mol. The molecule has 8 nitrogen and oxygen atoms in total. The third-order valence-corrected chi connectivity index (χ3v) is 4.42. The topological polar surface area (TPSA) is 91.9 Å². The van der Waals surface area contributed by atoms with Crippen LogP contribution >= 0.6 is 0 Å². The van der Waals surface area contributed by atoms with Crippen molar-refractivity contribution in [3.63, 3.8) is 0 Å². The van der Waals surface area contributed by atoms with Crippen LogP contribution in [0.2, 0.25) is 0 Å². The van der Waals surface area contributed by atoms with E-state index in [0.717, 1.165) is 18.2 Å². The summed E-state index contributed by atoms with van der Waals surface area (Å²) in [5.41, 5.74) is -0.0671. The van der Waals surface area contributed by atoms with Crippen LogP contribution in [0.3, 0.4) is 0 Å². The molecule has 2 saturated heterocycles. The Hall–Kier alpha value is -2.44. The van der Waals surface area contributed by atoms with Crippen LogP contribution in [0.5, 0.6) is 5.75 Å². The van der Waals surface area contributed by atoms with Crippen LogP contribution in [-0.2, 0) is 14.3 Å². The van der Waals surface area contributed by atoms with Gasteiger partial charge >= 0.3 is 6.36 Å². The van der Waals surface area contributed by atoms with E-state index in [1.54, 1.807) is 0 Å². The number of amides is 2. The molecule has 2 heterocycles. The molecular formula is C17H20F4N4O4. The van der Waals surface area contributed by atoms with Gasteiger partial charge < -0.3 is 20.1 Å². The summed E-state index contributed by atoms with van der Waals surface area (Å²) < 4.78 is 59.3. The molecule has 0 saturated carbocycles. The van der Waals surface area contributed by atoms with Gasteiger partial charge in [-0.1, -0.05) is 0 Å². The molecule has 160 valence electrons. The van der Waals surface area contributed by atoms with Gasteiger partial charge in [-0.15, -0.1) is 13.2 Å². The Labute approximate surface area is 163 Å². The first-order chi connectivity index (χ1) is 13.7. The van der Waals surface area contributed by atoms with Crippen molar-refractivity contribution in [1.29, 1.82) is 0 Å². The SMILES string of the molecule is O=C(CC1NC(=O)CC(N2CCOCC2)N1)Nc1ccc(F)c(OC(F)(F)F)c1. The van der Waals surface area contributed by atoms with Crippen molar-refractivity contribution >= 4 is 17.5 Å². The minimum Gasteiger partial charge on any atom is -0.403 e. The molecule has 0 bridgehead atoms. The number of hydrogen-bond donors (Lipinski definition) is 3. The monoisotopic (exact) mass is 420 g/mol. The minimum absolute atomic E-state index is 0.0671. The molecule has 0 radical (unpaired) electrons. The van der Waals surface area contributed by atoms with Crippen LogP contribution in [0.4, 0.5) is 23.2 Å². The van der Waals surface area contributed by atoms with Gasteiger partial charge in [-0.2, -0.15) is 0 Å². The second-order valence-corrected chi connectivity index (χ2v) is 6.60. The summed E-state index contributed by atoms with van der Waals surface area (Å²) in [6, 6.07) is 2.61. The summed E-state index contributed by atoms with van der Waals surface area (Å²) in [7, 11) is 0. The standard InChI is InChI=1S/C17H20F4N4O4/c18-11-2-1-10(7-12(11)29-17(19,20)21)22-15(26)8-13-23-14(9-16(27)24-13)25-3-5-28-6-4-25/h1-2,7,13-14,23H,3-6,8-9H2,(H,22,26)(H,24,27). The van der Waals surface area contributed by atoms with Crippen LogP contribution < -0.4 is 20.7 Å². The molecule has 3 rings (SSSR count). The van der Waals surface area contributed by atoms with Crippen molar-refractivity contribution in [2.45, 2.75) is 31.5 Å². The fourth-order valence-corrected chi connectivity index (χ4v) is 3.18. The molecule has 2 aliphatic heterocycles. The summed E-state index contributed by atoms with van der Waals surface area (Å²) in [6.45, 7) is 2.42. The first kappa shape index (κ1) is 21.3. The number of alkyl halides is 3. The summed E-state index contributed by atoms with van der Waals surface area (Å²) in [5.74, 6) is -3.06. The largest absolute Gasteiger partial charge is 0.573 e. The van der Waals surface area contributed by atoms with Crippen molar-refractivity contribution in [2.24, 2.45) is 0 Å². The lowest BCUT2D eigenvalue weighted by Gasteiger charge is -2.40. The summed E-state index contributed by atoms with van der Waals surface area (Å²) in [4.78, 5) is 26.3. The van der Waals surface area contributed by atoms with E-state index in [1.807, 2.05) is 4.90 Å². The van der Waals surface area contributed by atoms with E-state index in [-0.39, 0.29) is 30.6 Å². The molecule has 0 spiro atoms. The zero-order valence-corrected chi connectivity index (χ0v) is 15.2. The predicted octanol–water partition coefficient (Wildman–Crippen LogP) is 1.15. The third kappa shape index (κ3) is 6.27. The Morgan fingerprint density at radius 3 is 2.72 bits per heavy atom. The number of nitrogens with zero attached hydrogens (tertiary/aromatic N) is 1. The van der Waals surface area contributed by atoms with Crippen LogP contribution in [0.15, 0.2) is 18.2 Å². The molecule has 2 unspecified atom stereocenters. The number of carbonyl (C=O) groups excluding carboxylic acids is 2. The maximum Gasteiger partial charge on any atom is 0.573 e. The normalized spacial score (nSPS) is 23.4. The summed E-state index contributed by atoms with van der Waals surface area (Å²) in [5, 5.41) is 8.19. The van der Waals surface area contributed by atoms with Crippen molar-refractivity contribution in [2.75, 3.05) is 31.6 Å². The number of carbonyl (C=O) groups is 2. The van der Waals surface area contributed by atoms with E-state index in [0.29, 0.717) is 26.3 Å². The quantitative estimate of drug-likeness (QED) is 0.619. The van der Waals surface area contributed by atoms with Gasteiger partial charge in [-0.05, 0) is 12.1 Å². The van der Waals surface area contributed by atoms with Crippen LogP contribution in [-0.4, -0.2) is 61.7 Å². The Bertz CT molecular complexity index is 755. The Morgan fingerprint density at radius 1 is 1.31 bits per heavy atom. The van der Waals surface area contributed by atoms with Gasteiger partial charge in [0.05, 0.1) is 38.4 Å². The van der Waals surface area contributed by atoms with Gasteiger partial charge in [-0.3, -0.25) is 19.8 Å². The van der Waals surface area contributed by atoms with Gasteiger partial charge in [-0.25, -0.2) is 4.39 Å². The molecule has 3 N–H and O–H groups in total. The third-order valence-electron chi connectivity index (χ3n) is 4.42. The smallest absolute Gasteiger partial charge is 0.403 e. The number of morpholine rings is 1. The maximum absolute atomic E-state index is 13.5. The molecule has 2 aliphatic rings. The van der Waals surface area contributed by atoms with Gasteiger partial charge in [0.1, 0.15) is 0 Å². The van der Waals surface area contributed by atoms with E-state index in [2.05, 4.69) is 20.7 Å². The predicted molar refractivity (Wildman–Crippen MR) is 92.2 cm³/mol. The number of ether oxygens (including phenoxy) is 2. The van der Waals surface area contributed by atoms with Gasteiger partial charge in [0.15, 0.2) is 11.6 Å². The van der Waals surface area contributed by atoms with Gasteiger partial charge in [0, 0.05) is 24.8 Å². The lowest BCUT2D eigenvalue weighted by Crippen LogP contribution is -2.63. The number of halogens is 4.